The van der Waals surface area contributed by atoms with Crippen LogP contribution < -0.4 is 20.3 Å². The van der Waals surface area contributed by atoms with Crippen molar-refractivity contribution >= 4 is 29.1 Å². The minimum Gasteiger partial charge on any atom is -0.484 e. The summed E-state index contributed by atoms with van der Waals surface area (Å²) in [5.41, 5.74) is 3.50. The molecule has 1 aliphatic rings. The molecule has 7 nitrogen and oxygen atoms in total. The number of aryl methyl sites for hydroxylation is 2. The first-order chi connectivity index (χ1) is 15.2. The van der Waals surface area contributed by atoms with Gasteiger partial charge in [-0.3, -0.25) is 14.4 Å². The zero-order chi connectivity index (χ0) is 23.3. The summed E-state index contributed by atoms with van der Waals surface area (Å²) in [4.78, 5) is 38.6. The molecule has 1 saturated heterocycles. The van der Waals surface area contributed by atoms with Gasteiger partial charge in [0, 0.05) is 30.9 Å². The fourth-order valence-corrected chi connectivity index (χ4v) is 3.64. The van der Waals surface area contributed by atoms with Crippen LogP contribution in [0, 0.1) is 25.7 Å². The second kappa shape index (κ2) is 10.3. The largest absolute Gasteiger partial charge is 0.484 e. The van der Waals surface area contributed by atoms with Gasteiger partial charge in [-0.1, -0.05) is 32.0 Å². The summed E-state index contributed by atoms with van der Waals surface area (Å²) in [5, 5.41) is 5.79. The molecule has 1 aliphatic heterocycles. The van der Waals surface area contributed by atoms with Crippen molar-refractivity contribution in [3.8, 4) is 5.75 Å². The van der Waals surface area contributed by atoms with E-state index in [9.17, 15) is 14.4 Å². The zero-order valence-electron chi connectivity index (χ0n) is 19.1. The molecule has 0 saturated carbocycles. The topological polar surface area (TPSA) is 87.7 Å². The number of anilines is 2. The summed E-state index contributed by atoms with van der Waals surface area (Å²) in [7, 11) is 0. The number of nitrogens with one attached hydrogen (secondary N) is 2. The third-order valence-electron chi connectivity index (χ3n) is 5.44. The second-order valence-electron chi connectivity index (χ2n) is 8.64. The molecule has 0 aliphatic carbocycles. The number of amides is 3. The predicted molar refractivity (Wildman–Crippen MR) is 125 cm³/mol. The number of benzene rings is 2. The lowest BCUT2D eigenvalue weighted by molar-refractivity contribution is -0.126. The van der Waals surface area contributed by atoms with Gasteiger partial charge in [-0.05, 0) is 55.2 Å². The van der Waals surface area contributed by atoms with E-state index in [1.165, 1.54) is 0 Å². The molecule has 3 amide bonds. The third-order valence-corrected chi connectivity index (χ3v) is 5.44. The van der Waals surface area contributed by atoms with Crippen LogP contribution in [0.15, 0.2) is 42.5 Å². The molecule has 2 N–H and O–H groups in total. The molecule has 170 valence electrons. The number of ether oxygens (including phenoxy) is 1. The SMILES string of the molecule is Cc1cccc(C)c1NC(=O)COc1ccc(N2C[C@@H](C(=O)NCC(C)C)CC2=O)cc1. The maximum atomic E-state index is 12.4. The van der Waals surface area contributed by atoms with E-state index in [0.717, 1.165) is 16.8 Å². The first-order valence-corrected chi connectivity index (χ1v) is 10.9. The van der Waals surface area contributed by atoms with Crippen molar-refractivity contribution in [3.05, 3.63) is 53.6 Å². The van der Waals surface area contributed by atoms with Crippen molar-refractivity contribution in [2.75, 3.05) is 29.9 Å². The Bertz CT molecular complexity index is 965. The van der Waals surface area contributed by atoms with Gasteiger partial charge in [0.25, 0.3) is 5.91 Å². The first kappa shape index (κ1) is 23.3. The normalized spacial score (nSPS) is 15.7. The van der Waals surface area contributed by atoms with E-state index in [-0.39, 0.29) is 36.7 Å². The van der Waals surface area contributed by atoms with Crippen LogP contribution in [0.5, 0.6) is 5.75 Å². The summed E-state index contributed by atoms with van der Waals surface area (Å²) in [6, 6.07) is 12.8. The van der Waals surface area contributed by atoms with Crippen molar-refractivity contribution in [2.24, 2.45) is 11.8 Å². The monoisotopic (exact) mass is 437 g/mol. The molecule has 1 fully saturated rings. The number of hydrogen-bond donors (Lipinski definition) is 2. The number of para-hydroxylation sites is 1. The quantitative estimate of drug-likeness (QED) is 0.662. The smallest absolute Gasteiger partial charge is 0.262 e. The van der Waals surface area contributed by atoms with Gasteiger partial charge in [0.2, 0.25) is 11.8 Å². The van der Waals surface area contributed by atoms with Gasteiger partial charge in [-0.15, -0.1) is 0 Å². The van der Waals surface area contributed by atoms with Crippen molar-refractivity contribution in [1.82, 2.24) is 5.32 Å². The molecule has 0 unspecified atom stereocenters. The summed E-state index contributed by atoms with van der Waals surface area (Å²) in [6.07, 6.45) is 0.209. The van der Waals surface area contributed by atoms with Crippen LogP contribution >= 0.6 is 0 Å². The molecule has 0 spiro atoms. The van der Waals surface area contributed by atoms with E-state index >= 15 is 0 Å². The molecule has 0 aromatic heterocycles. The third kappa shape index (κ3) is 5.87. The van der Waals surface area contributed by atoms with E-state index in [0.29, 0.717) is 30.4 Å². The number of rotatable bonds is 8. The molecule has 1 heterocycles. The van der Waals surface area contributed by atoms with Crippen LogP contribution in [0.3, 0.4) is 0 Å². The molecule has 2 aromatic rings. The summed E-state index contributed by atoms with van der Waals surface area (Å²) in [5.74, 6) is 0.161. The standard InChI is InChI=1S/C25H31N3O4/c1-16(2)13-26-25(31)19-12-23(30)28(14-19)20-8-10-21(11-9-20)32-15-22(29)27-24-17(3)6-5-7-18(24)4/h5-11,16,19H,12-15H2,1-4H3,(H,26,31)(H,27,29)/t19-/m0/s1. The zero-order valence-corrected chi connectivity index (χ0v) is 19.1. The molecule has 0 radical (unpaired) electrons. The van der Waals surface area contributed by atoms with Gasteiger partial charge in [0.1, 0.15) is 5.75 Å². The highest BCUT2D eigenvalue weighted by molar-refractivity contribution is 6.00. The predicted octanol–water partition coefficient (Wildman–Crippen LogP) is 3.45. The Morgan fingerprint density at radius 2 is 1.75 bits per heavy atom. The van der Waals surface area contributed by atoms with Crippen molar-refractivity contribution in [3.63, 3.8) is 0 Å². The highest BCUT2D eigenvalue weighted by Gasteiger charge is 2.35. The van der Waals surface area contributed by atoms with E-state index in [1.54, 1.807) is 29.2 Å². The summed E-state index contributed by atoms with van der Waals surface area (Å²) < 4.78 is 5.60. The molecule has 3 rings (SSSR count). The number of nitrogens with zero attached hydrogens (tertiary/aromatic N) is 1. The maximum Gasteiger partial charge on any atom is 0.262 e. The minimum absolute atomic E-state index is 0.0728. The van der Waals surface area contributed by atoms with E-state index < -0.39 is 0 Å². The fourth-order valence-electron chi connectivity index (χ4n) is 3.64. The van der Waals surface area contributed by atoms with Gasteiger partial charge < -0.3 is 20.3 Å². The highest BCUT2D eigenvalue weighted by Crippen LogP contribution is 2.27. The maximum absolute atomic E-state index is 12.4. The molecule has 0 bridgehead atoms. The van der Waals surface area contributed by atoms with Gasteiger partial charge >= 0.3 is 0 Å². The molecule has 1 atom stereocenters. The van der Waals surface area contributed by atoms with Crippen LogP contribution in [0.2, 0.25) is 0 Å². The first-order valence-electron chi connectivity index (χ1n) is 10.9. The van der Waals surface area contributed by atoms with Crippen LogP contribution in [-0.4, -0.2) is 37.4 Å². The van der Waals surface area contributed by atoms with Gasteiger partial charge in [0.05, 0.1) is 5.92 Å². The Hall–Kier alpha value is -3.35. The van der Waals surface area contributed by atoms with Crippen molar-refractivity contribution < 1.29 is 19.1 Å². The van der Waals surface area contributed by atoms with Gasteiger partial charge in [0.15, 0.2) is 6.61 Å². The van der Waals surface area contributed by atoms with Crippen LogP contribution in [-0.2, 0) is 14.4 Å². The Balaban J connectivity index is 1.53. The van der Waals surface area contributed by atoms with E-state index in [2.05, 4.69) is 10.6 Å². The number of hydrogen-bond acceptors (Lipinski definition) is 4. The lowest BCUT2D eigenvalue weighted by Gasteiger charge is -2.17. The molecule has 32 heavy (non-hydrogen) atoms. The second-order valence-corrected chi connectivity index (χ2v) is 8.64. The lowest BCUT2D eigenvalue weighted by Crippen LogP contribution is -2.35. The van der Waals surface area contributed by atoms with E-state index in [1.807, 2.05) is 45.9 Å². The van der Waals surface area contributed by atoms with E-state index in [4.69, 9.17) is 4.74 Å². The lowest BCUT2D eigenvalue weighted by atomic mass is 10.1. The van der Waals surface area contributed by atoms with Crippen molar-refractivity contribution in [1.29, 1.82) is 0 Å². The molecular weight excluding hydrogens is 406 g/mol. The van der Waals surface area contributed by atoms with Gasteiger partial charge in [-0.2, -0.15) is 0 Å². The average molecular weight is 438 g/mol. The Morgan fingerprint density at radius 1 is 1.09 bits per heavy atom. The highest BCUT2D eigenvalue weighted by atomic mass is 16.5. The Kier molecular flexibility index (Phi) is 7.51. The molecule has 7 heteroatoms. The van der Waals surface area contributed by atoms with Crippen molar-refractivity contribution in [2.45, 2.75) is 34.1 Å². The average Bonchev–Trinajstić information content (AvgIpc) is 3.15. The molecular formula is C25H31N3O4. The number of carbonyl (C=O) groups is 3. The number of carbonyl (C=O) groups excluding carboxylic acids is 3. The van der Waals surface area contributed by atoms with Crippen LogP contribution in [0.1, 0.15) is 31.4 Å². The molecule has 2 aromatic carbocycles. The van der Waals surface area contributed by atoms with Gasteiger partial charge in [-0.25, -0.2) is 0 Å². The fraction of sp³-hybridized carbons (Fsp3) is 0.400. The van der Waals surface area contributed by atoms with Crippen LogP contribution in [0.25, 0.3) is 0 Å². The Morgan fingerprint density at radius 3 is 2.38 bits per heavy atom. The summed E-state index contributed by atoms with van der Waals surface area (Å²) in [6.45, 7) is 8.80. The van der Waals surface area contributed by atoms with Crippen LogP contribution in [0.4, 0.5) is 11.4 Å². The Labute approximate surface area is 189 Å². The summed E-state index contributed by atoms with van der Waals surface area (Å²) >= 11 is 0. The minimum atomic E-state index is -0.342.